The summed E-state index contributed by atoms with van der Waals surface area (Å²) in [4.78, 5) is 17.4. The zero-order valence-electron chi connectivity index (χ0n) is 20.0. The van der Waals surface area contributed by atoms with Crippen LogP contribution in [0.5, 0.6) is 11.5 Å². The van der Waals surface area contributed by atoms with Gasteiger partial charge in [-0.05, 0) is 54.7 Å². The summed E-state index contributed by atoms with van der Waals surface area (Å²) in [7, 11) is -3.50. The maximum Gasteiger partial charge on any atom is 0.243 e. The minimum Gasteiger partial charge on any atom is -0.454 e. The number of hydrogen-bond donors (Lipinski definition) is 1. The zero-order valence-corrected chi connectivity index (χ0v) is 21.7. The molecule has 0 saturated heterocycles. The van der Waals surface area contributed by atoms with E-state index in [0.29, 0.717) is 29.6 Å². The molecule has 4 rings (SSSR count). The highest BCUT2D eigenvalue weighted by molar-refractivity contribution is 8.14. The molecule has 0 spiro atoms. The van der Waals surface area contributed by atoms with Crippen LogP contribution >= 0.6 is 11.8 Å². The van der Waals surface area contributed by atoms with E-state index in [0.717, 1.165) is 41.2 Å². The second kappa shape index (κ2) is 11.5. The molecule has 2 aliphatic heterocycles. The van der Waals surface area contributed by atoms with Crippen molar-refractivity contribution in [2.75, 3.05) is 25.6 Å². The van der Waals surface area contributed by atoms with Crippen molar-refractivity contribution in [3.8, 4) is 11.5 Å². The van der Waals surface area contributed by atoms with E-state index < -0.39 is 10.0 Å². The summed E-state index contributed by atoms with van der Waals surface area (Å²) in [5.74, 6) is 2.10. The number of amides is 1. The Hall–Kier alpha value is -2.56. The monoisotopic (exact) mass is 517 g/mol. The van der Waals surface area contributed by atoms with Crippen LogP contribution < -0.4 is 14.8 Å². The molecule has 2 aromatic rings. The summed E-state index contributed by atoms with van der Waals surface area (Å²) in [6, 6.07) is 12.6. The third-order valence-electron chi connectivity index (χ3n) is 5.83. The average Bonchev–Trinajstić information content (AvgIpc) is 3.52. The maximum absolute atomic E-state index is 12.9. The summed E-state index contributed by atoms with van der Waals surface area (Å²) in [6.07, 6.45) is 2.35. The zero-order chi connectivity index (χ0) is 24.8. The van der Waals surface area contributed by atoms with Crippen LogP contribution in [0.25, 0.3) is 0 Å². The minimum atomic E-state index is -3.50. The number of nitrogens with one attached hydrogen (secondary N) is 1. The van der Waals surface area contributed by atoms with E-state index in [2.05, 4.69) is 10.3 Å². The summed E-state index contributed by atoms with van der Waals surface area (Å²) in [5.41, 5.74) is 1.94. The van der Waals surface area contributed by atoms with Crippen LogP contribution in [0.15, 0.2) is 52.4 Å². The van der Waals surface area contributed by atoms with Gasteiger partial charge in [0.05, 0.1) is 10.9 Å². The van der Waals surface area contributed by atoms with Crippen molar-refractivity contribution in [1.29, 1.82) is 0 Å². The van der Waals surface area contributed by atoms with Gasteiger partial charge in [0.1, 0.15) is 0 Å². The lowest BCUT2D eigenvalue weighted by Crippen LogP contribution is -2.32. The number of benzene rings is 2. The third kappa shape index (κ3) is 6.17. The lowest BCUT2D eigenvalue weighted by molar-refractivity contribution is -0.119. The Morgan fingerprint density at radius 3 is 2.51 bits per heavy atom. The quantitative estimate of drug-likeness (QED) is 0.509. The second-order valence-electron chi connectivity index (χ2n) is 8.47. The molecular formula is C25H31N3O5S2. The van der Waals surface area contributed by atoms with Crippen LogP contribution in [-0.4, -0.2) is 49.4 Å². The maximum atomic E-state index is 12.9. The molecule has 1 unspecified atom stereocenters. The summed E-state index contributed by atoms with van der Waals surface area (Å²) in [6.45, 7) is 5.20. The summed E-state index contributed by atoms with van der Waals surface area (Å²) >= 11 is 1.52. The first kappa shape index (κ1) is 25.5. The first-order chi connectivity index (χ1) is 16.9. The molecule has 35 heavy (non-hydrogen) atoms. The van der Waals surface area contributed by atoms with E-state index in [-0.39, 0.29) is 25.2 Å². The van der Waals surface area contributed by atoms with E-state index in [1.807, 2.05) is 32.0 Å². The van der Waals surface area contributed by atoms with Gasteiger partial charge in [-0.15, -0.1) is 0 Å². The highest BCUT2D eigenvalue weighted by Crippen LogP contribution is 2.37. The number of sulfonamides is 1. The van der Waals surface area contributed by atoms with Gasteiger partial charge in [0.15, 0.2) is 16.7 Å². The molecule has 188 valence electrons. The number of amidine groups is 1. The van der Waals surface area contributed by atoms with Gasteiger partial charge in [0.2, 0.25) is 22.7 Å². The van der Waals surface area contributed by atoms with Crippen LogP contribution in [0.4, 0.5) is 0 Å². The number of ether oxygens (including phenoxy) is 2. The fraction of sp³-hybridized carbons (Fsp3) is 0.440. The number of carbonyl (C=O) groups is 1. The number of aryl methyl sites for hydroxylation is 1. The molecule has 0 bridgehead atoms. The molecule has 2 heterocycles. The number of carbonyl (C=O) groups excluding carboxylic acids is 1. The van der Waals surface area contributed by atoms with E-state index in [9.17, 15) is 13.2 Å². The van der Waals surface area contributed by atoms with E-state index >= 15 is 0 Å². The Bertz CT molecular complexity index is 1180. The number of hydrogen-bond acceptors (Lipinski definition) is 7. The Morgan fingerprint density at radius 2 is 1.80 bits per heavy atom. The van der Waals surface area contributed by atoms with Crippen LogP contribution in [0.2, 0.25) is 0 Å². The van der Waals surface area contributed by atoms with Crippen LogP contribution in [-0.2, 0) is 21.2 Å². The molecule has 0 radical (unpaired) electrons. The van der Waals surface area contributed by atoms with Gasteiger partial charge < -0.3 is 14.8 Å². The largest absolute Gasteiger partial charge is 0.454 e. The third-order valence-corrected chi connectivity index (χ3v) is 8.70. The molecule has 0 saturated carbocycles. The predicted molar refractivity (Wildman–Crippen MR) is 137 cm³/mol. The standard InChI is InChI=1S/C25H31N3O5S2/c1-3-13-28(14-4-2)35(30,31)20-9-5-18(6-10-20)7-12-24(29)27-25-26-21(16-34-25)19-8-11-22-23(15-19)33-17-32-22/h5-6,8-11,15,21H,3-4,7,12-14,16-17H2,1-2H3,(H,26,27,29). The molecule has 1 atom stereocenters. The van der Waals surface area contributed by atoms with Gasteiger partial charge in [-0.25, -0.2) is 8.42 Å². The van der Waals surface area contributed by atoms with Gasteiger partial charge in [-0.2, -0.15) is 4.31 Å². The molecule has 0 aromatic heterocycles. The molecule has 2 aliphatic rings. The molecule has 0 aliphatic carbocycles. The van der Waals surface area contributed by atoms with Crippen molar-refractivity contribution < 1.29 is 22.7 Å². The fourth-order valence-corrected chi connectivity index (χ4v) is 6.60. The SMILES string of the molecule is CCCN(CCC)S(=O)(=O)c1ccc(CCC(=O)NC2=NC(c3ccc4c(c3)OCO4)CS2)cc1. The minimum absolute atomic E-state index is 0.0423. The van der Waals surface area contributed by atoms with Crippen molar-refractivity contribution in [3.63, 3.8) is 0 Å². The summed E-state index contributed by atoms with van der Waals surface area (Å²) < 4.78 is 38.1. The molecule has 2 aromatic carbocycles. The lowest BCUT2D eigenvalue weighted by Gasteiger charge is -2.21. The highest BCUT2D eigenvalue weighted by atomic mass is 32.2. The first-order valence-corrected chi connectivity index (χ1v) is 14.3. The molecule has 0 fully saturated rings. The number of thioether (sulfide) groups is 1. The van der Waals surface area contributed by atoms with Gasteiger partial charge in [0, 0.05) is 25.3 Å². The van der Waals surface area contributed by atoms with Crippen molar-refractivity contribution >= 4 is 32.9 Å². The van der Waals surface area contributed by atoms with E-state index in [1.54, 1.807) is 24.3 Å². The molecule has 10 heteroatoms. The predicted octanol–water partition coefficient (Wildman–Crippen LogP) is 4.12. The average molecular weight is 518 g/mol. The number of nitrogens with zero attached hydrogens (tertiary/aromatic N) is 2. The lowest BCUT2D eigenvalue weighted by atomic mass is 10.1. The van der Waals surface area contributed by atoms with Gasteiger partial charge in [0.25, 0.3) is 0 Å². The number of aliphatic imine (C=N–C) groups is 1. The van der Waals surface area contributed by atoms with Gasteiger partial charge >= 0.3 is 0 Å². The van der Waals surface area contributed by atoms with Crippen LogP contribution in [0, 0.1) is 0 Å². The Labute approximate surface area is 211 Å². The highest BCUT2D eigenvalue weighted by Gasteiger charge is 2.25. The van der Waals surface area contributed by atoms with Crippen LogP contribution in [0.1, 0.15) is 50.3 Å². The number of rotatable bonds is 10. The fourth-order valence-electron chi connectivity index (χ4n) is 4.00. The molecule has 1 N–H and O–H groups in total. The second-order valence-corrected chi connectivity index (χ2v) is 11.4. The van der Waals surface area contributed by atoms with Gasteiger partial charge in [-0.3, -0.25) is 9.79 Å². The van der Waals surface area contributed by atoms with E-state index in [4.69, 9.17) is 9.47 Å². The van der Waals surface area contributed by atoms with Gasteiger partial charge in [-0.1, -0.05) is 43.8 Å². The summed E-state index contributed by atoms with van der Waals surface area (Å²) in [5, 5.41) is 3.51. The molecule has 8 nitrogen and oxygen atoms in total. The Morgan fingerprint density at radius 1 is 1.09 bits per heavy atom. The first-order valence-electron chi connectivity index (χ1n) is 11.9. The number of fused-ring (bicyclic) bond motifs is 1. The Balaban J connectivity index is 1.30. The van der Waals surface area contributed by atoms with Crippen molar-refractivity contribution in [2.24, 2.45) is 4.99 Å². The van der Waals surface area contributed by atoms with Crippen molar-refractivity contribution in [2.45, 2.75) is 50.5 Å². The normalized spacial score (nSPS) is 17.0. The van der Waals surface area contributed by atoms with E-state index in [1.165, 1.54) is 16.1 Å². The Kier molecular flexibility index (Phi) is 8.35. The van der Waals surface area contributed by atoms with Crippen molar-refractivity contribution in [1.82, 2.24) is 9.62 Å². The molecular weight excluding hydrogens is 486 g/mol. The smallest absolute Gasteiger partial charge is 0.243 e. The topological polar surface area (TPSA) is 97.3 Å². The van der Waals surface area contributed by atoms with Crippen molar-refractivity contribution in [3.05, 3.63) is 53.6 Å². The van der Waals surface area contributed by atoms with Crippen LogP contribution in [0.3, 0.4) is 0 Å². The molecule has 1 amide bonds.